The van der Waals surface area contributed by atoms with Crippen molar-refractivity contribution in [2.24, 2.45) is 0 Å². The standard InChI is InChI=1S/C23H27IN2O2/c1-23(2,3)25-16-11-15-13-26(20-10-9-19(24)18(12-16)22(15)20)21(27)14-28-17-7-5-4-6-8-17/h4-10,15-16,25H,11-14H2,1-3H3. The van der Waals surface area contributed by atoms with Crippen LogP contribution in [-0.4, -0.2) is 30.6 Å². The number of nitrogens with zero attached hydrogens (tertiary/aromatic N) is 1. The van der Waals surface area contributed by atoms with Crippen LogP contribution in [0.5, 0.6) is 5.75 Å². The number of nitrogens with one attached hydrogen (secondary N) is 1. The summed E-state index contributed by atoms with van der Waals surface area (Å²) in [5.74, 6) is 1.16. The summed E-state index contributed by atoms with van der Waals surface area (Å²) in [4.78, 5) is 14.9. The van der Waals surface area contributed by atoms with Gasteiger partial charge in [-0.1, -0.05) is 18.2 Å². The first-order valence-electron chi connectivity index (χ1n) is 9.89. The van der Waals surface area contributed by atoms with Gasteiger partial charge in [-0.3, -0.25) is 4.79 Å². The van der Waals surface area contributed by atoms with Gasteiger partial charge in [-0.25, -0.2) is 0 Å². The van der Waals surface area contributed by atoms with Gasteiger partial charge in [-0.15, -0.1) is 0 Å². The third-order valence-corrected chi connectivity index (χ3v) is 6.45. The Morgan fingerprint density at radius 1 is 1.21 bits per heavy atom. The lowest BCUT2D eigenvalue weighted by Crippen LogP contribution is -2.47. The first-order chi connectivity index (χ1) is 13.3. The van der Waals surface area contributed by atoms with E-state index in [1.807, 2.05) is 35.2 Å². The van der Waals surface area contributed by atoms with Crippen LogP contribution in [0.4, 0.5) is 5.69 Å². The molecule has 28 heavy (non-hydrogen) atoms. The highest BCUT2D eigenvalue weighted by Crippen LogP contribution is 2.46. The molecule has 0 fully saturated rings. The van der Waals surface area contributed by atoms with Crippen molar-refractivity contribution in [1.29, 1.82) is 0 Å². The fraction of sp³-hybridized carbons (Fsp3) is 0.435. The molecular weight excluding hydrogens is 463 g/mol. The van der Waals surface area contributed by atoms with Gasteiger partial charge in [0.1, 0.15) is 5.75 Å². The Morgan fingerprint density at radius 3 is 2.68 bits per heavy atom. The number of ether oxygens (including phenoxy) is 1. The molecule has 2 aromatic carbocycles. The Morgan fingerprint density at radius 2 is 1.96 bits per heavy atom. The van der Waals surface area contributed by atoms with Gasteiger partial charge in [0.25, 0.3) is 5.91 Å². The van der Waals surface area contributed by atoms with Crippen LogP contribution in [0, 0.1) is 3.57 Å². The molecule has 1 aliphatic heterocycles. The lowest BCUT2D eigenvalue weighted by atomic mass is 9.80. The van der Waals surface area contributed by atoms with E-state index in [1.54, 1.807) is 0 Å². The van der Waals surface area contributed by atoms with E-state index in [-0.39, 0.29) is 18.1 Å². The Kier molecular flexibility index (Phi) is 5.40. The minimum atomic E-state index is 0.0296. The van der Waals surface area contributed by atoms with Gasteiger partial charge in [-0.05, 0) is 91.6 Å². The lowest BCUT2D eigenvalue weighted by molar-refractivity contribution is -0.120. The third-order valence-electron chi connectivity index (χ3n) is 5.44. The van der Waals surface area contributed by atoms with Crippen LogP contribution < -0.4 is 15.0 Å². The fourth-order valence-electron chi connectivity index (χ4n) is 4.50. The van der Waals surface area contributed by atoms with Gasteiger partial charge < -0.3 is 15.0 Å². The largest absolute Gasteiger partial charge is 0.484 e. The zero-order valence-corrected chi connectivity index (χ0v) is 18.8. The first kappa shape index (κ1) is 19.7. The first-order valence-corrected chi connectivity index (χ1v) is 11.0. The molecule has 1 aliphatic carbocycles. The maximum Gasteiger partial charge on any atom is 0.264 e. The number of carbonyl (C=O) groups excluding carboxylic acids is 1. The third kappa shape index (κ3) is 4.06. The number of halogens is 1. The number of carbonyl (C=O) groups is 1. The van der Waals surface area contributed by atoms with Crippen molar-refractivity contribution in [3.05, 3.63) is 57.2 Å². The van der Waals surface area contributed by atoms with Gasteiger partial charge in [0, 0.05) is 33.3 Å². The van der Waals surface area contributed by atoms with Crippen LogP contribution in [-0.2, 0) is 11.2 Å². The Labute approximate surface area is 180 Å². The van der Waals surface area contributed by atoms with E-state index in [9.17, 15) is 4.79 Å². The highest BCUT2D eigenvalue weighted by atomic mass is 127. The molecule has 0 bridgehead atoms. The molecular formula is C23H27IN2O2. The number of para-hydroxylation sites is 1. The van der Waals surface area contributed by atoms with Gasteiger partial charge in [0.05, 0.1) is 0 Å². The summed E-state index contributed by atoms with van der Waals surface area (Å²) < 4.78 is 7.02. The quantitative estimate of drug-likeness (QED) is 0.642. The average Bonchev–Trinajstić information content (AvgIpc) is 3.01. The van der Waals surface area contributed by atoms with E-state index >= 15 is 0 Å². The second-order valence-corrected chi connectivity index (χ2v) is 9.96. The van der Waals surface area contributed by atoms with Crippen LogP contribution in [0.15, 0.2) is 42.5 Å². The van der Waals surface area contributed by atoms with E-state index in [4.69, 9.17) is 4.74 Å². The fourth-order valence-corrected chi connectivity index (χ4v) is 5.19. The number of hydrogen-bond donors (Lipinski definition) is 1. The second kappa shape index (κ2) is 7.67. The molecule has 2 unspecified atom stereocenters. The summed E-state index contributed by atoms with van der Waals surface area (Å²) in [6.07, 6.45) is 2.10. The summed E-state index contributed by atoms with van der Waals surface area (Å²) in [6, 6.07) is 14.2. The summed E-state index contributed by atoms with van der Waals surface area (Å²) in [6.45, 7) is 7.48. The number of rotatable bonds is 4. The van der Waals surface area contributed by atoms with Gasteiger partial charge in [0.2, 0.25) is 0 Å². The Bertz CT molecular complexity index is 876. The highest BCUT2D eigenvalue weighted by molar-refractivity contribution is 14.1. The normalized spacial score (nSPS) is 20.8. The van der Waals surface area contributed by atoms with Crippen molar-refractivity contribution in [3.8, 4) is 5.75 Å². The molecule has 1 N–H and O–H groups in total. The molecule has 4 nitrogen and oxygen atoms in total. The molecule has 0 radical (unpaired) electrons. The van der Waals surface area contributed by atoms with Gasteiger partial charge in [-0.2, -0.15) is 0 Å². The predicted octanol–water partition coefficient (Wildman–Crippen LogP) is 4.50. The lowest BCUT2D eigenvalue weighted by Gasteiger charge is -2.35. The molecule has 2 atom stereocenters. The van der Waals surface area contributed by atoms with E-state index in [0.717, 1.165) is 30.8 Å². The average molecular weight is 490 g/mol. The minimum absolute atomic E-state index is 0.0296. The molecule has 0 saturated carbocycles. The van der Waals surface area contributed by atoms with Crippen LogP contribution >= 0.6 is 22.6 Å². The van der Waals surface area contributed by atoms with Crippen LogP contribution in [0.3, 0.4) is 0 Å². The van der Waals surface area contributed by atoms with Crippen molar-refractivity contribution in [1.82, 2.24) is 5.32 Å². The Balaban J connectivity index is 1.54. The molecule has 4 rings (SSSR count). The van der Waals surface area contributed by atoms with E-state index in [2.05, 4.69) is 60.8 Å². The summed E-state index contributed by atoms with van der Waals surface area (Å²) in [5, 5.41) is 3.77. The van der Waals surface area contributed by atoms with Crippen LogP contribution in [0.1, 0.15) is 44.2 Å². The molecule has 0 aromatic heterocycles. The van der Waals surface area contributed by atoms with E-state index < -0.39 is 0 Å². The van der Waals surface area contributed by atoms with Gasteiger partial charge >= 0.3 is 0 Å². The molecule has 0 spiro atoms. The van der Waals surface area contributed by atoms with Crippen molar-refractivity contribution in [2.75, 3.05) is 18.1 Å². The number of amides is 1. The molecule has 2 aromatic rings. The summed E-state index contributed by atoms with van der Waals surface area (Å²) >= 11 is 2.44. The van der Waals surface area contributed by atoms with Crippen molar-refractivity contribution >= 4 is 34.2 Å². The maximum absolute atomic E-state index is 13.0. The summed E-state index contributed by atoms with van der Waals surface area (Å²) in [7, 11) is 0. The minimum Gasteiger partial charge on any atom is -0.484 e. The molecule has 0 saturated heterocycles. The molecule has 148 valence electrons. The SMILES string of the molecule is CC(C)(C)NC1Cc2c(I)ccc3c2C(C1)CN3C(=O)COc1ccccc1. The molecule has 2 aliphatic rings. The Hall–Kier alpha value is -1.60. The molecule has 1 heterocycles. The van der Waals surface area contributed by atoms with E-state index in [1.165, 1.54) is 14.7 Å². The number of hydrogen-bond acceptors (Lipinski definition) is 3. The van der Waals surface area contributed by atoms with Crippen molar-refractivity contribution < 1.29 is 9.53 Å². The zero-order chi connectivity index (χ0) is 19.9. The topological polar surface area (TPSA) is 41.6 Å². The zero-order valence-electron chi connectivity index (χ0n) is 16.7. The summed E-state index contributed by atoms with van der Waals surface area (Å²) in [5.41, 5.74) is 3.96. The van der Waals surface area contributed by atoms with Crippen molar-refractivity contribution in [3.63, 3.8) is 0 Å². The monoisotopic (exact) mass is 490 g/mol. The van der Waals surface area contributed by atoms with Crippen molar-refractivity contribution in [2.45, 2.75) is 51.1 Å². The maximum atomic E-state index is 13.0. The number of benzene rings is 2. The smallest absolute Gasteiger partial charge is 0.264 e. The predicted molar refractivity (Wildman–Crippen MR) is 121 cm³/mol. The highest BCUT2D eigenvalue weighted by Gasteiger charge is 2.40. The van der Waals surface area contributed by atoms with Crippen LogP contribution in [0.25, 0.3) is 0 Å². The number of anilines is 1. The van der Waals surface area contributed by atoms with E-state index in [0.29, 0.717) is 12.0 Å². The molecule has 1 amide bonds. The van der Waals surface area contributed by atoms with Crippen LogP contribution in [0.2, 0.25) is 0 Å². The second-order valence-electron chi connectivity index (χ2n) is 8.79. The molecule has 5 heteroatoms. The van der Waals surface area contributed by atoms with Gasteiger partial charge in [0.15, 0.2) is 6.61 Å².